The molecule has 0 aliphatic carbocycles. The van der Waals surface area contributed by atoms with Gasteiger partial charge in [0.1, 0.15) is 5.75 Å². The number of nitrogens with zero attached hydrogens (tertiary/aromatic N) is 1. The van der Waals surface area contributed by atoms with Gasteiger partial charge in [-0.25, -0.2) is 4.79 Å². The van der Waals surface area contributed by atoms with E-state index in [2.05, 4.69) is 10.1 Å². The van der Waals surface area contributed by atoms with Gasteiger partial charge < -0.3 is 19.7 Å². The molecule has 1 aromatic carbocycles. The van der Waals surface area contributed by atoms with Crippen LogP contribution in [0.2, 0.25) is 0 Å². The standard InChI is InChI=1S/C15H19F3N2O3/c1-20(9-13-6-3-7-22-13)14(21)19-11-4-2-5-12(8-11)23-10-15(16,17)18/h2,4-5,8,13H,3,6-7,9-10H2,1H3,(H,19,21). The molecule has 5 nitrogen and oxygen atoms in total. The topological polar surface area (TPSA) is 50.8 Å². The van der Waals surface area contributed by atoms with Gasteiger partial charge in [-0.2, -0.15) is 13.2 Å². The molecule has 23 heavy (non-hydrogen) atoms. The van der Waals surface area contributed by atoms with Crippen molar-refractivity contribution in [3.63, 3.8) is 0 Å². The lowest BCUT2D eigenvalue weighted by Crippen LogP contribution is -2.37. The lowest BCUT2D eigenvalue weighted by Gasteiger charge is -2.21. The minimum Gasteiger partial charge on any atom is -0.484 e. The summed E-state index contributed by atoms with van der Waals surface area (Å²) in [6.07, 6.45) is -2.47. The van der Waals surface area contributed by atoms with Gasteiger partial charge in [0, 0.05) is 32.0 Å². The Balaban J connectivity index is 1.87. The monoisotopic (exact) mass is 332 g/mol. The van der Waals surface area contributed by atoms with Gasteiger partial charge in [-0.1, -0.05) is 6.07 Å². The summed E-state index contributed by atoms with van der Waals surface area (Å²) in [5, 5.41) is 2.62. The van der Waals surface area contributed by atoms with Gasteiger partial charge in [0.25, 0.3) is 0 Å². The first-order chi connectivity index (χ1) is 10.8. The van der Waals surface area contributed by atoms with Crippen LogP contribution in [-0.4, -0.2) is 50.0 Å². The second-order valence-corrected chi connectivity index (χ2v) is 5.38. The largest absolute Gasteiger partial charge is 0.484 e. The summed E-state index contributed by atoms with van der Waals surface area (Å²) < 4.78 is 46.5. The number of benzene rings is 1. The van der Waals surface area contributed by atoms with Crippen molar-refractivity contribution in [3.8, 4) is 5.75 Å². The number of nitrogens with one attached hydrogen (secondary N) is 1. The first-order valence-corrected chi connectivity index (χ1v) is 7.27. The van der Waals surface area contributed by atoms with E-state index in [1.807, 2.05) is 0 Å². The maximum Gasteiger partial charge on any atom is 0.422 e. The summed E-state index contributed by atoms with van der Waals surface area (Å²) in [4.78, 5) is 13.6. The molecule has 1 heterocycles. The molecule has 128 valence electrons. The summed E-state index contributed by atoms with van der Waals surface area (Å²) in [6.45, 7) is -0.196. The van der Waals surface area contributed by atoms with Crippen molar-refractivity contribution in [1.29, 1.82) is 0 Å². The smallest absolute Gasteiger partial charge is 0.422 e. The number of carbonyl (C=O) groups excluding carboxylic acids is 1. The summed E-state index contributed by atoms with van der Waals surface area (Å²) in [5.41, 5.74) is 0.369. The van der Waals surface area contributed by atoms with Crippen molar-refractivity contribution >= 4 is 11.7 Å². The number of ether oxygens (including phenoxy) is 2. The van der Waals surface area contributed by atoms with E-state index in [0.717, 1.165) is 12.8 Å². The second-order valence-electron chi connectivity index (χ2n) is 5.38. The number of halogens is 3. The molecule has 0 saturated carbocycles. The quantitative estimate of drug-likeness (QED) is 0.900. The van der Waals surface area contributed by atoms with Gasteiger partial charge in [0.2, 0.25) is 0 Å². The average molecular weight is 332 g/mol. The van der Waals surface area contributed by atoms with E-state index < -0.39 is 12.8 Å². The molecule has 1 fully saturated rings. The van der Waals surface area contributed by atoms with Gasteiger partial charge >= 0.3 is 12.2 Å². The van der Waals surface area contributed by atoms with Crippen molar-refractivity contribution in [1.82, 2.24) is 4.90 Å². The number of alkyl halides is 3. The van der Waals surface area contributed by atoms with E-state index in [4.69, 9.17) is 4.74 Å². The van der Waals surface area contributed by atoms with Gasteiger partial charge in [-0.05, 0) is 25.0 Å². The van der Waals surface area contributed by atoms with Gasteiger partial charge in [0.05, 0.1) is 6.10 Å². The Labute approximate surface area is 132 Å². The Morgan fingerprint density at radius 3 is 2.91 bits per heavy atom. The van der Waals surface area contributed by atoms with E-state index in [1.54, 1.807) is 13.1 Å². The van der Waals surface area contributed by atoms with Crippen LogP contribution in [0.4, 0.5) is 23.7 Å². The van der Waals surface area contributed by atoms with Crippen molar-refractivity contribution in [2.75, 3.05) is 32.1 Å². The maximum atomic E-state index is 12.1. The molecule has 1 saturated heterocycles. The van der Waals surface area contributed by atoms with Crippen LogP contribution in [-0.2, 0) is 4.74 Å². The van der Waals surface area contributed by atoms with Gasteiger partial charge in [-0.15, -0.1) is 0 Å². The summed E-state index contributed by atoms with van der Waals surface area (Å²) >= 11 is 0. The van der Waals surface area contributed by atoms with Gasteiger partial charge in [0.15, 0.2) is 6.61 Å². The molecule has 0 aromatic heterocycles. The zero-order chi connectivity index (χ0) is 16.9. The zero-order valence-electron chi connectivity index (χ0n) is 12.7. The molecule has 8 heteroatoms. The highest BCUT2D eigenvalue weighted by molar-refractivity contribution is 5.89. The fourth-order valence-electron chi connectivity index (χ4n) is 2.22. The predicted molar refractivity (Wildman–Crippen MR) is 78.6 cm³/mol. The molecule has 1 atom stereocenters. The number of rotatable bonds is 5. The fraction of sp³-hybridized carbons (Fsp3) is 0.533. The molecule has 1 aliphatic heterocycles. The molecule has 1 N–H and O–H groups in total. The summed E-state index contributed by atoms with van der Waals surface area (Å²) in [7, 11) is 1.64. The van der Waals surface area contributed by atoms with E-state index in [9.17, 15) is 18.0 Å². The average Bonchev–Trinajstić information content (AvgIpc) is 2.97. The molecule has 1 unspecified atom stereocenters. The predicted octanol–water partition coefficient (Wildman–Crippen LogP) is 3.27. The second kappa shape index (κ2) is 7.54. The van der Waals surface area contributed by atoms with Gasteiger partial charge in [-0.3, -0.25) is 0 Å². The number of carbonyl (C=O) groups is 1. The van der Waals surface area contributed by atoms with Crippen LogP contribution in [0, 0.1) is 0 Å². The minimum absolute atomic E-state index is 0.0344. The fourth-order valence-corrected chi connectivity index (χ4v) is 2.22. The van der Waals surface area contributed by atoms with Crippen molar-refractivity contribution < 1.29 is 27.4 Å². The maximum absolute atomic E-state index is 12.1. The van der Waals surface area contributed by atoms with Crippen LogP contribution in [0.25, 0.3) is 0 Å². The number of hydrogen-bond acceptors (Lipinski definition) is 3. The number of anilines is 1. The van der Waals surface area contributed by atoms with Crippen LogP contribution in [0.5, 0.6) is 5.75 Å². The Bertz CT molecular complexity index is 531. The lowest BCUT2D eigenvalue weighted by atomic mass is 10.2. The Hall–Kier alpha value is -1.96. The van der Waals surface area contributed by atoms with Crippen molar-refractivity contribution in [2.45, 2.75) is 25.1 Å². The molecule has 0 bridgehead atoms. The Morgan fingerprint density at radius 2 is 2.26 bits per heavy atom. The Morgan fingerprint density at radius 1 is 1.48 bits per heavy atom. The van der Waals surface area contributed by atoms with Crippen LogP contribution >= 0.6 is 0 Å². The minimum atomic E-state index is -4.40. The van der Waals surface area contributed by atoms with E-state index >= 15 is 0 Å². The first-order valence-electron chi connectivity index (χ1n) is 7.27. The SMILES string of the molecule is CN(CC1CCCO1)C(=O)Nc1cccc(OCC(F)(F)F)c1. The van der Waals surface area contributed by atoms with Crippen molar-refractivity contribution in [3.05, 3.63) is 24.3 Å². The molecule has 0 radical (unpaired) electrons. The van der Waals surface area contributed by atoms with Crippen LogP contribution in [0.1, 0.15) is 12.8 Å². The number of amides is 2. The Kier molecular flexibility index (Phi) is 5.70. The normalized spacial score (nSPS) is 17.8. The first kappa shape index (κ1) is 17.4. The molecule has 1 aliphatic rings. The molecule has 2 amide bonds. The third kappa shape index (κ3) is 5.97. The van der Waals surface area contributed by atoms with Crippen LogP contribution in [0.15, 0.2) is 24.3 Å². The summed E-state index contributed by atoms with van der Waals surface area (Å²) in [5.74, 6) is 0.0434. The number of urea groups is 1. The third-order valence-corrected chi connectivity index (χ3v) is 3.34. The molecular weight excluding hydrogens is 313 g/mol. The van der Waals surface area contributed by atoms with Crippen LogP contribution < -0.4 is 10.1 Å². The lowest BCUT2D eigenvalue weighted by molar-refractivity contribution is -0.153. The molecule has 2 rings (SSSR count). The van der Waals surface area contributed by atoms with Crippen LogP contribution in [0.3, 0.4) is 0 Å². The molecule has 1 aromatic rings. The highest BCUT2D eigenvalue weighted by Gasteiger charge is 2.28. The molecular formula is C15H19F3N2O3. The summed E-state index contributed by atoms with van der Waals surface area (Å²) in [6, 6.07) is 5.49. The third-order valence-electron chi connectivity index (χ3n) is 3.34. The highest BCUT2D eigenvalue weighted by atomic mass is 19.4. The zero-order valence-corrected chi connectivity index (χ0v) is 12.7. The number of likely N-dealkylation sites (N-methyl/N-ethyl adjacent to an activating group) is 1. The van der Waals surface area contributed by atoms with E-state index in [0.29, 0.717) is 18.8 Å². The van der Waals surface area contributed by atoms with E-state index in [-0.39, 0.29) is 17.9 Å². The number of hydrogen-bond donors (Lipinski definition) is 1. The molecule has 0 spiro atoms. The van der Waals surface area contributed by atoms with Crippen molar-refractivity contribution in [2.24, 2.45) is 0 Å². The van der Waals surface area contributed by atoms with E-state index in [1.165, 1.54) is 23.1 Å². The highest BCUT2D eigenvalue weighted by Crippen LogP contribution is 2.21.